The fraction of sp³-hybridized carbons (Fsp3) is 0.429. The first-order valence-electron chi connectivity index (χ1n) is 9.74. The molecule has 1 amide bonds. The highest BCUT2D eigenvalue weighted by molar-refractivity contribution is 5.95. The number of anilines is 1. The number of carbonyl (C=O) groups is 1. The average Bonchev–Trinajstić information content (AvgIpc) is 3.14. The number of methoxy groups -OCH3 is 1. The van der Waals surface area contributed by atoms with Crippen molar-refractivity contribution in [2.45, 2.75) is 43.2 Å². The van der Waals surface area contributed by atoms with Gasteiger partial charge in [-0.25, -0.2) is 4.39 Å². The average molecular weight is 476 g/mol. The Bertz CT molecular complexity index is 1020. The third-order valence-corrected chi connectivity index (χ3v) is 5.47. The van der Waals surface area contributed by atoms with Gasteiger partial charge in [0, 0.05) is 11.5 Å². The molecule has 1 aliphatic rings. The molecule has 1 fully saturated rings. The first-order valence-corrected chi connectivity index (χ1v) is 9.74. The lowest BCUT2D eigenvalue weighted by molar-refractivity contribution is -0.261. The van der Waals surface area contributed by atoms with Crippen LogP contribution >= 0.6 is 0 Å². The Balaban J connectivity index is 1.95. The first-order chi connectivity index (χ1) is 15.4. The number of nitrogens with zero attached hydrogens (tertiary/aromatic N) is 1. The van der Waals surface area contributed by atoms with Gasteiger partial charge in [-0.1, -0.05) is 6.07 Å². The number of amides is 1. The summed E-state index contributed by atoms with van der Waals surface area (Å²) >= 11 is 0. The zero-order chi connectivity index (χ0) is 24.6. The maximum atomic E-state index is 14.2. The van der Waals surface area contributed by atoms with Gasteiger partial charge in [-0.3, -0.25) is 9.78 Å². The van der Waals surface area contributed by atoms with Crippen LogP contribution in [0.4, 0.5) is 27.6 Å². The van der Waals surface area contributed by atoms with Gasteiger partial charge in [0.25, 0.3) is 5.91 Å². The number of ether oxygens (including phenoxy) is 2. The van der Waals surface area contributed by atoms with Gasteiger partial charge in [-0.15, -0.1) is 0 Å². The highest BCUT2D eigenvalue weighted by Gasteiger charge is 2.61. The summed E-state index contributed by atoms with van der Waals surface area (Å²) in [4.78, 5) is 16.8. The van der Waals surface area contributed by atoms with E-state index in [-0.39, 0.29) is 16.9 Å². The molecule has 3 rings (SSSR count). The van der Waals surface area contributed by atoms with E-state index in [9.17, 15) is 31.9 Å². The molecule has 1 saturated heterocycles. The molecule has 1 aromatic heterocycles. The number of benzene rings is 1. The van der Waals surface area contributed by atoms with Crippen molar-refractivity contribution >= 4 is 11.6 Å². The van der Waals surface area contributed by atoms with Crippen molar-refractivity contribution in [1.82, 2.24) is 4.98 Å². The molecule has 33 heavy (non-hydrogen) atoms. The molecule has 0 aliphatic carbocycles. The fourth-order valence-corrected chi connectivity index (χ4v) is 3.66. The molecule has 3 N–H and O–H groups in total. The molecule has 1 aliphatic heterocycles. The Labute approximate surface area is 185 Å². The largest absolute Gasteiger partial charge is 0.493 e. The molecular weight excluding hydrogens is 455 g/mol. The topological polar surface area (TPSA) is 101 Å². The van der Waals surface area contributed by atoms with Gasteiger partial charge in [-0.05, 0) is 31.5 Å². The maximum Gasteiger partial charge on any atom is 0.417 e. The number of aromatic nitrogens is 1. The van der Waals surface area contributed by atoms with Gasteiger partial charge in [0.1, 0.15) is 12.2 Å². The number of carbonyl (C=O) groups excluding carboxylic acids is 1. The number of halogens is 5. The molecule has 7 nitrogen and oxygen atoms in total. The monoisotopic (exact) mass is 476 g/mol. The molecule has 0 bridgehead atoms. The Hall–Kier alpha value is -2.83. The van der Waals surface area contributed by atoms with E-state index in [1.54, 1.807) is 0 Å². The van der Waals surface area contributed by atoms with Gasteiger partial charge in [0.15, 0.2) is 17.2 Å². The predicted molar refractivity (Wildman–Crippen MR) is 105 cm³/mol. The quantitative estimate of drug-likeness (QED) is 0.554. The number of hydrogen-bond acceptors (Lipinski definition) is 6. The minimum Gasteiger partial charge on any atom is -0.493 e. The van der Waals surface area contributed by atoms with Crippen LogP contribution in [-0.2, 0) is 9.53 Å². The number of aliphatic hydroxyl groups is 2. The van der Waals surface area contributed by atoms with Crippen molar-refractivity contribution in [3.63, 3.8) is 0 Å². The molecule has 1 aromatic carbocycles. The summed E-state index contributed by atoms with van der Waals surface area (Å²) in [5, 5.41) is 20.9. The Morgan fingerprint density at radius 2 is 2.03 bits per heavy atom. The third-order valence-electron chi connectivity index (χ3n) is 5.47. The number of hydrogen-bond donors (Lipinski definition) is 3. The zero-order valence-electron chi connectivity index (χ0n) is 17.5. The van der Waals surface area contributed by atoms with Crippen LogP contribution in [0.1, 0.15) is 36.6 Å². The van der Waals surface area contributed by atoms with E-state index in [1.165, 1.54) is 12.1 Å². The summed E-state index contributed by atoms with van der Waals surface area (Å²) in [6.45, 7) is 0.189. The Morgan fingerprint density at radius 3 is 2.58 bits per heavy atom. The maximum absolute atomic E-state index is 14.2. The van der Waals surface area contributed by atoms with Gasteiger partial charge in [0.05, 0.1) is 31.3 Å². The Kier molecular flexibility index (Phi) is 6.91. The van der Waals surface area contributed by atoms with Crippen molar-refractivity contribution in [1.29, 1.82) is 0 Å². The molecule has 4 atom stereocenters. The molecule has 2 aromatic rings. The van der Waals surface area contributed by atoms with Gasteiger partial charge < -0.3 is 25.0 Å². The standard InChI is InChI=1S/C21H21F5N2O5/c1-20(21(24,25)26)7-12(11-4-5-13(22)16(23)17(11)32-2)18(33-20)19(31)28-10-3-6-14(27-8-10)15(30)9-29/h3-6,8,12,15,18,29-30H,7,9H2,1-2H3,(H,28,31)/t12-,15-,18+,20+/m1/s1. The number of aliphatic hydroxyl groups excluding tert-OH is 2. The molecule has 0 spiro atoms. The van der Waals surface area contributed by atoms with E-state index in [4.69, 9.17) is 14.6 Å². The number of nitrogens with one attached hydrogen (secondary N) is 1. The van der Waals surface area contributed by atoms with Gasteiger partial charge in [-0.2, -0.15) is 17.6 Å². The van der Waals surface area contributed by atoms with Crippen molar-refractivity contribution in [3.8, 4) is 5.75 Å². The third kappa shape index (κ3) is 4.77. The highest BCUT2D eigenvalue weighted by Crippen LogP contribution is 2.51. The van der Waals surface area contributed by atoms with E-state index in [1.807, 2.05) is 0 Å². The lowest BCUT2D eigenvalue weighted by atomic mass is 9.85. The summed E-state index contributed by atoms with van der Waals surface area (Å²) in [5.74, 6) is -5.55. The normalized spacial score (nSPS) is 23.9. The number of rotatable bonds is 6. The van der Waals surface area contributed by atoms with E-state index < -0.39 is 66.2 Å². The molecule has 0 radical (unpaired) electrons. The van der Waals surface area contributed by atoms with Crippen LogP contribution in [0.25, 0.3) is 0 Å². The summed E-state index contributed by atoms with van der Waals surface area (Å²) in [6.07, 6.45) is -7.42. The first kappa shape index (κ1) is 24.8. The minimum absolute atomic E-state index is 0.0779. The van der Waals surface area contributed by atoms with Crippen molar-refractivity contribution in [3.05, 3.63) is 53.4 Å². The van der Waals surface area contributed by atoms with Crippen LogP contribution in [-0.4, -0.2) is 52.7 Å². The van der Waals surface area contributed by atoms with Crippen LogP contribution in [0.5, 0.6) is 5.75 Å². The zero-order valence-corrected chi connectivity index (χ0v) is 17.5. The Morgan fingerprint density at radius 1 is 1.33 bits per heavy atom. The lowest BCUT2D eigenvalue weighted by Gasteiger charge is -2.27. The predicted octanol–water partition coefficient (Wildman–Crippen LogP) is 3.23. The van der Waals surface area contributed by atoms with E-state index in [0.29, 0.717) is 0 Å². The molecular formula is C21H21F5N2O5. The fourth-order valence-electron chi connectivity index (χ4n) is 3.66. The SMILES string of the molecule is COc1c([C@H]2C[C@@](C)(C(F)(F)F)O[C@@H]2C(=O)Nc2ccc([C@H](O)CO)nc2)ccc(F)c1F. The second-order valence-corrected chi connectivity index (χ2v) is 7.72. The van der Waals surface area contributed by atoms with Gasteiger partial charge in [0.2, 0.25) is 5.82 Å². The smallest absolute Gasteiger partial charge is 0.417 e. The molecule has 12 heteroatoms. The second-order valence-electron chi connectivity index (χ2n) is 7.72. The molecule has 2 heterocycles. The summed E-state index contributed by atoms with van der Waals surface area (Å²) in [6, 6.07) is 4.42. The second kappa shape index (κ2) is 9.20. The van der Waals surface area contributed by atoms with E-state index in [2.05, 4.69) is 10.3 Å². The summed E-state index contributed by atoms with van der Waals surface area (Å²) < 4.78 is 79.0. The van der Waals surface area contributed by atoms with Crippen molar-refractivity contribution in [2.24, 2.45) is 0 Å². The van der Waals surface area contributed by atoms with E-state index >= 15 is 0 Å². The lowest BCUT2D eigenvalue weighted by Crippen LogP contribution is -2.43. The minimum atomic E-state index is -4.85. The van der Waals surface area contributed by atoms with Crippen LogP contribution < -0.4 is 10.1 Å². The number of pyridine rings is 1. The van der Waals surface area contributed by atoms with Crippen LogP contribution in [0.15, 0.2) is 30.5 Å². The highest BCUT2D eigenvalue weighted by atomic mass is 19.4. The van der Waals surface area contributed by atoms with Crippen LogP contribution in [0.3, 0.4) is 0 Å². The van der Waals surface area contributed by atoms with Crippen LogP contribution in [0, 0.1) is 11.6 Å². The number of alkyl halides is 3. The summed E-state index contributed by atoms with van der Waals surface area (Å²) in [5.41, 5.74) is -2.69. The van der Waals surface area contributed by atoms with Crippen molar-refractivity contribution < 1.29 is 46.4 Å². The molecule has 0 saturated carbocycles. The van der Waals surface area contributed by atoms with Crippen molar-refractivity contribution in [2.75, 3.05) is 19.0 Å². The molecule has 180 valence electrons. The molecule has 0 unspecified atom stereocenters. The summed E-state index contributed by atoms with van der Waals surface area (Å²) in [7, 11) is 1.03. The van der Waals surface area contributed by atoms with Crippen LogP contribution in [0.2, 0.25) is 0 Å². The van der Waals surface area contributed by atoms with Gasteiger partial charge >= 0.3 is 6.18 Å². The van der Waals surface area contributed by atoms with E-state index in [0.717, 1.165) is 32.4 Å².